The van der Waals surface area contributed by atoms with E-state index in [0.29, 0.717) is 13.2 Å². The molecule has 0 bridgehead atoms. The number of hydrogen-bond donors (Lipinski definition) is 2. The van der Waals surface area contributed by atoms with Crippen LogP contribution in [0.25, 0.3) is 0 Å². The summed E-state index contributed by atoms with van der Waals surface area (Å²) in [4.78, 5) is 10.5. The summed E-state index contributed by atoms with van der Waals surface area (Å²) in [6.07, 6.45) is 2.29. The summed E-state index contributed by atoms with van der Waals surface area (Å²) in [6, 6.07) is 14.9. The van der Waals surface area contributed by atoms with Crippen LogP contribution < -0.4 is 20.6 Å². The van der Waals surface area contributed by atoms with Crippen LogP contribution in [0.2, 0.25) is 0 Å². The van der Waals surface area contributed by atoms with Crippen LogP contribution in [-0.4, -0.2) is 25.5 Å². The molecule has 0 spiro atoms. The Bertz CT molecular complexity index is 748. The summed E-state index contributed by atoms with van der Waals surface area (Å²) in [5.74, 6) is 1.64. The van der Waals surface area contributed by atoms with Crippen molar-refractivity contribution in [3.63, 3.8) is 0 Å². The van der Waals surface area contributed by atoms with Crippen molar-refractivity contribution in [2.45, 2.75) is 32.6 Å². The molecule has 2 rings (SSSR count). The minimum atomic E-state index is -0.696. The smallest absolute Gasteiger partial charge is 0.332 e. The van der Waals surface area contributed by atoms with Gasteiger partial charge in [0.25, 0.3) is 0 Å². The van der Waals surface area contributed by atoms with Crippen LogP contribution in [0.5, 0.6) is 11.5 Å². The van der Waals surface area contributed by atoms with Crippen molar-refractivity contribution in [2.24, 2.45) is 10.8 Å². The van der Waals surface area contributed by atoms with Gasteiger partial charge in [-0.15, -0.1) is 0 Å². The first-order valence-electron chi connectivity index (χ1n) is 8.89. The number of nitrogens with one attached hydrogen (secondary N) is 1. The molecule has 0 fully saturated rings. The number of carbonyl (C=O) groups is 1. The fourth-order valence-electron chi connectivity index (χ4n) is 2.31. The van der Waals surface area contributed by atoms with Crippen LogP contribution in [0.4, 0.5) is 4.79 Å². The molecule has 0 aliphatic carbocycles. The standard InChI is InChI=1S/C21H27N3O3/c1-21(2,3)17-7-11-19(12-8-17)27-14-4-13-26-18-9-5-16(6-10-18)15-23-24-20(22)25/h5-12,15H,4,13-14H2,1-3H3,(H3,22,24,25)/b23-15-. The third-order valence-electron chi connectivity index (χ3n) is 3.81. The molecule has 0 aliphatic heterocycles. The molecule has 0 unspecified atom stereocenters. The number of amides is 2. The number of ether oxygens (including phenoxy) is 2. The Hall–Kier alpha value is -3.02. The first-order chi connectivity index (χ1) is 12.8. The summed E-state index contributed by atoms with van der Waals surface area (Å²) in [7, 11) is 0. The lowest BCUT2D eigenvalue weighted by Gasteiger charge is -2.19. The average molecular weight is 369 g/mol. The molecule has 0 heterocycles. The van der Waals surface area contributed by atoms with Gasteiger partial charge in [-0.3, -0.25) is 0 Å². The molecule has 0 aromatic heterocycles. The fourth-order valence-corrected chi connectivity index (χ4v) is 2.31. The summed E-state index contributed by atoms with van der Waals surface area (Å²) in [5, 5.41) is 3.70. The van der Waals surface area contributed by atoms with Crippen LogP contribution in [-0.2, 0) is 5.41 Å². The molecular weight excluding hydrogens is 342 g/mol. The molecule has 2 amide bonds. The summed E-state index contributed by atoms with van der Waals surface area (Å²) in [5.41, 5.74) is 9.34. The predicted molar refractivity (Wildman–Crippen MR) is 108 cm³/mol. The minimum absolute atomic E-state index is 0.145. The first-order valence-corrected chi connectivity index (χ1v) is 8.89. The number of primary amides is 1. The van der Waals surface area contributed by atoms with E-state index in [1.54, 1.807) is 0 Å². The lowest BCUT2D eigenvalue weighted by molar-refractivity contribution is 0.247. The zero-order valence-electron chi connectivity index (χ0n) is 16.1. The molecule has 2 aromatic carbocycles. The van der Waals surface area contributed by atoms with Crippen molar-refractivity contribution in [3.8, 4) is 11.5 Å². The van der Waals surface area contributed by atoms with Crippen LogP contribution in [0.15, 0.2) is 53.6 Å². The Morgan fingerprint density at radius 3 is 2.00 bits per heavy atom. The van der Waals surface area contributed by atoms with Gasteiger partial charge in [-0.25, -0.2) is 10.2 Å². The van der Waals surface area contributed by atoms with Gasteiger partial charge >= 0.3 is 6.03 Å². The van der Waals surface area contributed by atoms with Gasteiger partial charge in [0.1, 0.15) is 11.5 Å². The maximum absolute atomic E-state index is 10.5. The highest BCUT2D eigenvalue weighted by atomic mass is 16.5. The van der Waals surface area contributed by atoms with E-state index in [2.05, 4.69) is 43.4 Å². The molecule has 0 saturated carbocycles. The van der Waals surface area contributed by atoms with Crippen molar-refractivity contribution in [1.82, 2.24) is 5.43 Å². The van der Waals surface area contributed by atoms with Crippen molar-refractivity contribution in [2.75, 3.05) is 13.2 Å². The molecule has 6 heteroatoms. The number of nitrogens with two attached hydrogens (primary N) is 1. The first kappa shape index (κ1) is 20.3. The van der Waals surface area contributed by atoms with Gasteiger partial charge < -0.3 is 15.2 Å². The molecule has 0 radical (unpaired) electrons. The third kappa shape index (κ3) is 7.40. The number of urea groups is 1. The van der Waals surface area contributed by atoms with E-state index in [1.807, 2.05) is 36.4 Å². The van der Waals surface area contributed by atoms with Gasteiger partial charge in [0.05, 0.1) is 19.4 Å². The summed E-state index contributed by atoms with van der Waals surface area (Å²) in [6.45, 7) is 7.74. The summed E-state index contributed by atoms with van der Waals surface area (Å²) >= 11 is 0. The molecule has 0 atom stereocenters. The second-order valence-electron chi connectivity index (χ2n) is 7.13. The second kappa shape index (κ2) is 9.62. The molecule has 2 aromatic rings. The van der Waals surface area contributed by atoms with Gasteiger partial charge in [-0.05, 0) is 52.9 Å². The molecule has 27 heavy (non-hydrogen) atoms. The van der Waals surface area contributed by atoms with Crippen molar-refractivity contribution >= 4 is 12.2 Å². The molecule has 3 N–H and O–H groups in total. The highest BCUT2D eigenvalue weighted by Gasteiger charge is 2.12. The van der Waals surface area contributed by atoms with Gasteiger partial charge in [0.15, 0.2) is 0 Å². The molecule has 0 aliphatic rings. The van der Waals surface area contributed by atoms with E-state index >= 15 is 0 Å². The van der Waals surface area contributed by atoms with E-state index in [1.165, 1.54) is 11.8 Å². The van der Waals surface area contributed by atoms with E-state index in [4.69, 9.17) is 15.2 Å². The maximum Gasteiger partial charge on any atom is 0.332 e. The highest BCUT2D eigenvalue weighted by Crippen LogP contribution is 2.24. The van der Waals surface area contributed by atoms with Gasteiger partial charge in [0.2, 0.25) is 0 Å². The van der Waals surface area contributed by atoms with Gasteiger partial charge in [0, 0.05) is 6.42 Å². The van der Waals surface area contributed by atoms with E-state index in [0.717, 1.165) is 23.5 Å². The Morgan fingerprint density at radius 2 is 1.52 bits per heavy atom. The monoisotopic (exact) mass is 369 g/mol. The van der Waals surface area contributed by atoms with Crippen LogP contribution in [0.1, 0.15) is 38.3 Å². The third-order valence-corrected chi connectivity index (χ3v) is 3.81. The average Bonchev–Trinajstić information content (AvgIpc) is 2.62. The SMILES string of the molecule is CC(C)(C)c1ccc(OCCCOc2ccc(/C=N\NC(N)=O)cc2)cc1. The van der Waals surface area contributed by atoms with E-state index in [-0.39, 0.29) is 5.41 Å². The van der Waals surface area contributed by atoms with Gasteiger partial charge in [-0.2, -0.15) is 5.10 Å². The van der Waals surface area contributed by atoms with Gasteiger partial charge in [-0.1, -0.05) is 32.9 Å². The number of hydrazone groups is 1. The van der Waals surface area contributed by atoms with Crippen LogP contribution in [0, 0.1) is 0 Å². The largest absolute Gasteiger partial charge is 0.493 e. The lowest BCUT2D eigenvalue weighted by Crippen LogP contribution is -2.24. The maximum atomic E-state index is 10.5. The molecule has 0 saturated heterocycles. The molecular formula is C21H27N3O3. The van der Waals surface area contributed by atoms with Crippen LogP contribution >= 0.6 is 0 Å². The number of benzene rings is 2. The fraction of sp³-hybridized carbons (Fsp3) is 0.333. The molecule has 6 nitrogen and oxygen atoms in total. The minimum Gasteiger partial charge on any atom is -0.493 e. The summed E-state index contributed by atoms with van der Waals surface area (Å²) < 4.78 is 11.4. The number of carbonyl (C=O) groups excluding carboxylic acids is 1. The van der Waals surface area contributed by atoms with Crippen molar-refractivity contribution < 1.29 is 14.3 Å². The van der Waals surface area contributed by atoms with E-state index in [9.17, 15) is 4.79 Å². The topological polar surface area (TPSA) is 85.9 Å². The number of rotatable bonds is 8. The molecule has 144 valence electrons. The highest BCUT2D eigenvalue weighted by molar-refractivity contribution is 5.81. The zero-order chi connectivity index (χ0) is 19.7. The Balaban J connectivity index is 1.68. The van der Waals surface area contributed by atoms with Crippen molar-refractivity contribution in [1.29, 1.82) is 0 Å². The van der Waals surface area contributed by atoms with E-state index < -0.39 is 6.03 Å². The predicted octanol–water partition coefficient (Wildman–Crippen LogP) is 3.83. The number of hydrogen-bond acceptors (Lipinski definition) is 4. The normalized spacial score (nSPS) is 11.4. The Labute approximate surface area is 160 Å². The van der Waals surface area contributed by atoms with Crippen molar-refractivity contribution in [3.05, 3.63) is 59.7 Å². The Kier molecular flexibility index (Phi) is 7.23. The quantitative estimate of drug-likeness (QED) is 0.421. The Morgan fingerprint density at radius 1 is 1.00 bits per heavy atom. The van der Waals surface area contributed by atoms with Crippen LogP contribution in [0.3, 0.4) is 0 Å². The lowest BCUT2D eigenvalue weighted by atomic mass is 9.87. The zero-order valence-corrected chi connectivity index (χ0v) is 16.1. The number of nitrogens with zero attached hydrogens (tertiary/aromatic N) is 1. The second-order valence-corrected chi connectivity index (χ2v) is 7.13.